The standard InChI is InChI=1S/C45H41F2N7O12S5/c1-69(59,60)52(16-22-18-67-42-38(22)70(61,62)50-40(48-42)32-36(55)30-26-10-12-28(65-26)34(30)53(44(32)57)14-20-2-6-24(46)7-3-20)17-23-19-68-43-39(23)71(63,64)51-41(49-43)33-37(56)31-27-11-13-29(66-27)35(31)54(45(33)58)15-21-4-8-25(47)9-5-21/h2-9,18-19,26-31,34-35,55-56H,10-17H2,1H3,(H,48,50)(H,49,51). The Morgan fingerprint density at radius 3 is 1.44 bits per heavy atom. The topological polar surface area (TPSA) is 254 Å². The van der Waals surface area contributed by atoms with E-state index in [9.17, 15) is 53.8 Å². The number of thiophene rings is 2. The van der Waals surface area contributed by atoms with Gasteiger partial charge in [-0.25, -0.2) is 17.2 Å². The summed E-state index contributed by atoms with van der Waals surface area (Å²) >= 11 is 1.77. The number of hydrogen-bond donors (Lipinski definition) is 4. The number of sulfonamides is 3. The van der Waals surface area contributed by atoms with Crippen LogP contribution in [0.5, 0.6) is 0 Å². The van der Waals surface area contributed by atoms with Crippen molar-refractivity contribution >= 4 is 86.2 Å². The molecule has 19 nitrogen and oxygen atoms in total. The van der Waals surface area contributed by atoms with Gasteiger partial charge in [0.1, 0.15) is 54.1 Å². The molecule has 0 radical (unpaired) electrons. The Labute approximate surface area is 413 Å². The van der Waals surface area contributed by atoms with E-state index >= 15 is 0 Å². The van der Waals surface area contributed by atoms with Crippen LogP contribution in [0.4, 0.5) is 18.8 Å². The van der Waals surface area contributed by atoms with Crippen LogP contribution in [0, 0.1) is 23.5 Å². The maximum absolute atomic E-state index is 14.4. The summed E-state index contributed by atoms with van der Waals surface area (Å²) < 4.78 is 132. The Balaban J connectivity index is 0.820. The fourth-order valence-corrected chi connectivity index (χ4v) is 17.4. The number of rotatable bonds is 11. The molecule has 26 heteroatoms. The number of carbonyl (C=O) groups is 2. The molecular formula is C45H41F2N7O12S5. The zero-order valence-corrected chi connectivity index (χ0v) is 41.1. The van der Waals surface area contributed by atoms with Gasteiger partial charge in [-0.15, -0.1) is 31.5 Å². The van der Waals surface area contributed by atoms with Gasteiger partial charge in [0.05, 0.1) is 54.6 Å². The fraction of sp³-hybridized carbons (Fsp3) is 0.378. The predicted molar refractivity (Wildman–Crippen MR) is 253 cm³/mol. The average molecular weight is 1070 g/mol. The van der Waals surface area contributed by atoms with Gasteiger partial charge in [-0.3, -0.25) is 9.59 Å². The van der Waals surface area contributed by atoms with E-state index in [1.165, 1.54) is 69.1 Å². The zero-order chi connectivity index (χ0) is 49.6. The van der Waals surface area contributed by atoms with Gasteiger partial charge in [-0.05, 0) is 71.8 Å². The van der Waals surface area contributed by atoms with Crippen molar-refractivity contribution in [2.45, 2.75) is 98.2 Å². The number of aliphatic hydroxyl groups excluding tert-OH is 2. The van der Waals surface area contributed by atoms with Crippen LogP contribution >= 0.6 is 22.7 Å². The number of fused-ring (bicyclic) bond motifs is 12. The quantitative estimate of drug-likeness (QED) is 0.156. The molecule has 2 aromatic heterocycles. The van der Waals surface area contributed by atoms with E-state index in [2.05, 4.69) is 19.4 Å². The number of amidine groups is 2. The lowest BCUT2D eigenvalue weighted by Crippen LogP contribution is -2.55. The summed E-state index contributed by atoms with van der Waals surface area (Å²) in [6.07, 6.45) is 1.68. The van der Waals surface area contributed by atoms with E-state index in [0.29, 0.717) is 36.8 Å². The molecule has 2 aromatic carbocycles. The van der Waals surface area contributed by atoms with Crippen LogP contribution in [-0.4, -0.2) is 116 Å². The van der Waals surface area contributed by atoms with Crippen molar-refractivity contribution in [2.75, 3.05) is 16.9 Å². The zero-order valence-electron chi connectivity index (χ0n) is 37.1. The fourth-order valence-electron chi connectivity index (χ4n) is 11.5. The summed E-state index contributed by atoms with van der Waals surface area (Å²) in [7, 11) is -13.6. The first-order valence-corrected chi connectivity index (χ1v) is 28.9. The van der Waals surface area contributed by atoms with Crippen molar-refractivity contribution in [3.05, 3.63) is 116 Å². The van der Waals surface area contributed by atoms with Crippen molar-refractivity contribution < 1.29 is 63.3 Å². The van der Waals surface area contributed by atoms with Gasteiger partial charge in [0.2, 0.25) is 10.0 Å². The summed E-state index contributed by atoms with van der Waals surface area (Å²) in [5, 5.41) is 32.0. The second-order valence-electron chi connectivity index (χ2n) is 18.7. The van der Waals surface area contributed by atoms with E-state index in [4.69, 9.17) is 9.47 Å². The van der Waals surface area contributed by atoms with Gasteiger partial charge < -0.3 is 40.1 Å². The molecule has 8 unspecified atom stereocenters. The number of nitrogens with one attached hydrogen (secondary N) is 2. The molecule has 4 saturated heterocycles. The molecule has 4 bridgehead atoms. The molecule has 4 N–H and O–H groups in total. The second-order valence-corrected chi connectivity index (χ2v) is 25.5. The smallest absolute Gasteiger partial charge is 0.287 e. The minimum atomic E-state index is -4.71. The summed E-state index contributed by atoms with van der Waals surface area (Å²) in [5.74, 6) is -5.39. The number of benzene rings is 2. The first kappa shape index (κ1) is 46.5. The Bertz CT molecular complexity index is 3260. The summed E-state index contributed by atoms with van der Waals surface area (Å²) in [5.41, 5.74) is 0.395. The molecule has 71 heavy (non-hydrogen) atoms. The van der Waals surface area contributed by atoms with Crippen LogP contribution in [0.2, 0.25) is 0 Å². The van der Waals surface area contributed by atoms with E-state index in [-0.39, 0.29) is 78.9 Å². The van der Waals surface area contributed by atoms with E-state index in [1.807, 2.05) is 0 Å². The Hall–Kier alpha value is -5.61. The first-order chi connectivity index (χ1) is 33.8. The number of amides is 2. The van der Waals surface area contributed by atoms with Crippen LogP contribution < -0.4 is 10.6 Å². The lowest BCUT2D eigenvalue weighted by molar-refractivity contribution is -0.134. The van der Waals surface area contributed by atoms with Crippen LogP contribution in [0.15, 0.2) is 101 Å². The van der Waals surface area contributed by atoms with Crippen molar-refractivity contribution in [1.29, 1.82) is 0 Å². The van der Waals surface area contributed by atoms with Gasteiger partial charge in [-0.1, -0.05) is 24.3 Å². The van der Waals surface area contributed by atoms with Gasteiger partial charge in [0.25, 0.3) is 31.9 Å². The molecule has 12 rings (SSSR count). The molecule has 0 aliphatic carbocycles. The number of anilines is 2. The number of carbonyl (C=O) groups excluding carboxylic acids is 2. The molecule has 8 aliphatic rings. The summed E-state index contributed by atoms with van der Waals surface area (Å²) in [6, 6.07) is 9.99. The highest BCUT2D eigenvalue weighted by atomic mass is 32.2. The Morgan fingerprint density at radius 1 is 0.676 bits per heavy atom. The van der Waals surface area contributed by atoms with Gasteiger partial charge >= 0.3 is 0 Å². The maximum Gasteiger partial charge on any atom is 0.287 e. The molecule has 372 valence electrons. The van der Waals surface area contributed by atoms with Crippen LogP contribution in [0.1, 0.15) is 47.9 Å². The largest absolute Gasteiger partial charge is 0.511 e. The molecule has 2 amide bonds. The molecular weight excluding hydrogens is 1030 g/mol. The van der Waals surface area contributed by atoms with Gasteiger partial charge in [0, 0.05) is 37.3 Å². The van der Waals surface area contributed by atoms with E-state index < -0.39 is 114 Å². The van der Waals surface area contributed by atoms with E-state index in [0.717, 1.165) is 33.2 Å². The van der Waals surface area contributed by atoms with Crippen molar-refractivity contribution in [2.24, 2.45) is 20.6 Å². The molecule has 4 fully saturated rings. The van der Waals surface area contributed by atoms with Crippen LogP contribution in [-0.2, 0) is 75.3 Å². The highest BCUT2D eigenvalue weighted by Gasteiger charge is 2.60. The molecule has 10 heterocycles. The third kappa shape index (κ3) is 7.53. The third-order valence-corrected chi connectivity index (χ3v) is 20.6. The Morgan fingerprint density at radius 2 is 1.06 bits per heavy atom. The average Bonchev–Trinajstić information content (AvgIpc) is 4.18. The monoisotopic (exact) mass is 1070 g/mol. The van der Waals surface area contributed by atoms with Crippen molar-refractivity contribution in [3.8, 4) is 0 Å². The SMILES string of the molecule is CS(=O)(=O)N(Cc1csc2c1S(=O)(=O)N=C(C1=C(O)C3C4CCC(O4)C3N(Cc3ccc(F)cc3)C1=O)N2)Cc1csc2c1S(=O)(=O)N=C(C1=C(O)C3C4CCC(O4)C3N(Cc3ccc(F)cc3)C1=O)N2. The Kier molecular flexibility index (Phi) is 10.8. The maximum atomic E-state index is 14.4. The predicted octanol–water partition coefficient (Wildman–Crippen LogP) is 4.88. The molecule has 0 saturated carbocycles. The van der Waals surface area contributed by atoms with Crippen molar-refractivity contribution in [3.63, 3.8) is 0 Å². The minimum Gasteiger partial charge on any atom is -0.511 e. The third-order valence-electron chi connectivity index (χ3n) is 14.5. The van der Waals surface area contributed by atoms with Crippen LogP contribution in [0.25, 0.3) is 0 Å². The number of ether oxygens (including phenoxy) is 2. The molecule has 8 aliphatic heterocycles. The lowest BCUT2D eigenvalue weighted by Gasteiger charge is -2.42. The van der Waals surface area contributed by atoms with Gasteiger partial charge in [-0.2, -0.15) is 21.1 Å². The van der Waals surface area contributed by atoms with Crippen LogP contribution in [0.3, 0.4) is 0 Å². The van der Waals surface area contributed by atoms with E-state index in [1.54, 1.807) is 0 Å². The molecule has 4 aromatic rings. The molecule has 8 atom stereocenters. The highest BCUT2D eigenvalue weighted by molar-refractivity contribution is 7.91. The second kappa shape index (κ2) is 16.5. The number of aliphatic hydroxyl groups is 2. The molecule has 0 spiro atoms. The number of hydrogen-bond acceptors (Lipinski definition) is 16. The minimum absolute atomic E-state index is 0.00903. The first-order valence-electron chi connectivity index (χ1n) is 22.4. The lowest BCUT2D eigenvalue weighted by atomic mass is 9.78. The summed E-state index contributed by atoms with van der Waals surface area (Å²) in [4.78, 5) is 31.0. The van der Waals surface area contributed by atoms with Crippen molar-refractivity contribution in [1.82, 2.24) is 14.1 Å². The van der Waals surface area contributed by atoms with Gasteiger partial charge in [0.15, 0.2) is 11.7 Å². The number of nitrogens with zero attached hydrogens (tertiary/aromatic N) is 5. The number of halogens is 2. The highest BCUT2D eigenvalue weighted by Crippen LogP contribution is 2.51. The normalized spacial score (nSPS) is 28.9. The summed E-state index contributed by atoms with van der Waals surface area (Å²) in [6.45, 7) is -1.13.